The number of hydrogen-bond acceptors (Lipinski definition) is 2. The summed E-state index contributed by atoms with van der Waals surface area (Å²) in [5, 5.41) is 13.1. The highest BCUT2D eigenvalue weighted by Gasteiger charge is 2.08. The van der Waals surface area contributed by atoms with Gasteiger partial charge in [0.2, 0.25) is 0 Å². The van der Waals surface area contributed by atoms with Gasteiger partial charge in [0.25, 0.3) is 0 Å². The fourth-order valence-corrected chi connectivity index (χ4v) is 2.25. The Hall–Kier alpha value is -2.03. The summed E-state index contributed by atoms with van der Waals surface area (Å²) in [6.45, 7) is 5.93. The van der Waals surface area contributed by atoms with Crippen LogP contribution in [0.25, 0.3) is 0 Å². The van der Waals surface area contributed by atoms with E-state index in [2.05, 4.69) is 12.2 Å². The zero-order chi connectivity index (χ0) is 14.7. The van der Waals surface area contributed by atoms with Crippen LogP contribution in [0.2, 0.25) is 0 Å². The second-order valence-electron chi connectivity index (χ2n) is 5.33. The summed E-state index contributed by atoms with van der Waals surface area (Å²) in [6.07, 6.45) is 0.819. The molecule has 2 aromatic carbocycles. The molecule has 0 radical (unpaired) electrons. The van der Waals surface area contributed by atoms with E-state index in [0.717, 1.165) is 28.8 Å². The summed E-state index contributed by atoms with van der Waals surface area (Å²) in [6, 6.07) is 10.5. The average molecular weight is 273 g/mol. The Morgan fingerprint density at radius 1 is 1.10 bits per heavy atom. The largest absolute Gasteiger partial charge is 0.508 e. The Labute approximate surface area is 119 Å². The second kappa shape index (κ2) is 5.95. The molecule has 2 aromatic rings. The first-order valence-corrected chi connectivity index (χ1v) is 6.77. The van der Waals surface area contributed by atoms with Gasteiger partial charge in [-0.25, -0.2) is 4.39 Å². The van der Waals surface area contributed by atoms with Gasteiger partial charge in [0.1, 0.15) is 11.6 Å². The van der Waals surface area contributed by atoms with Crippen molar-refractivity contribution < 1.29 is 9.50 Å². The van der Waals surface area contributed by atoms with Gasteiger partial charge >= 0.3 is 0 Å². The van der Waals surface area contributed by atoms with Gasteiger partial charge in [-0.1, -0.05) is 12.1 Å². The van der Waals surface area contributed by atoms with Gasteiger partial charge < -0.3 is 10.4 Å². The maximum atomic E-state index is 12.9. The van der Waals surface area contributed by atoms with Crippen molar-refractivity contribution in [3.05, 3.63) is 58.9 Å². The molecular weight excluding hydrogens is 253 g/mol. The summed E-state index contributed by atoms with van der Waals surface area (Å²) >= 11 is 0. The molecule has 0 fully saturated rings. The van der Waals surface area contributed by atoms with Gasteiger partial charge in [0.15, 0.2) is 0 Å². The van der Waals surface area contributed by atoms with Crippen molar-refractivity contribution >= 4 is 5.69 Å². The van der Waals surface area contributed by atoms with Crippen LogP contribution >= 0.6 is 0 Å². The zero-order valence-corrected chi connectivity index (χ0v) is 12.1. The third kappa shape index (κ3) is 3.50. The van der Waals surface area contributed by atoms with Crippen molar-refractivity contribution in [3.63, 3.8) is 0 Å². The van der Waals surface area contributed by atoms with E-state index in [9.17, 15) is 9.50 Å². The summed E-state index contributed by atoms with van der Waals surface area (Å²) in [5.74, 6) is 0.110. The molecule has 1 atom stereocenters. The maximum absolute atomic E-state index is 12.9. The second-order valence-corrected chi connectivity index (χ2v) is 5.33. The Balaban J connectivity index is 2.06. The Kier molecular flexibility index (Phi) is 4.28. The maximum Gasteiger partial charge on any atom is 0.123 e. The number of aryl methyl sites for hydroxylation is 2. The summed E-state index contributed by atoms with van der Waals surface area (Å²) in [5.41, 5.74) is 3.99. The lowest BCUT2D eigenvalue weighted by molar-refractivity contribution is 0.470. The molecule has 0 heterocycles. The number of hydrogen-bond donors (Lipinski definition) is 2. The molecule has 1 unspecified atom stereocenters. The van der Waals surface area contributed by atoms with Crippen molar-refractivity contribution in [3.8, 4) is 5.75 Å². The first-order valence-electron chi connectivity index (χ1n) is 6.77. The number of rotatable bonds is 4. The number of phenols is 1. The zero-order valence-electron chi connectivity index (χ0n) is 12.1. The van der Waals surface area contributed by atoms with Gasteiger partial charge in [0.05, 0.1) is 0 Å². The van der Waals surface area contributed by atoms with E-state index < -0.39 is 0 Å². The third-order valence-electron chi connectivity index (χ3n) is 3.40. The van der Waals surface area contributed by atoms with Gasteiger partial charge in [-0.3, -0.25) is 0 Å². The van der Waals surface area contributed by atoms with Crippen LogP contribution in [0.15, 0.2) is 36.4 Å². The minimum Gasteiger partial charge on any atom is -0.508 e. The minimum atomic E-state index is -0.209. The van der Waals surface area contributed by atoms with E-state index in [1.807, 2.05) is 32.0 Å². The lowest BCUT2D eigenvalue weighted by Gasteiger charge is -2.18. The highest BCUT2D eigenvalue weighted by Crippen LogP contribution is 2.25. The van der Waals surface area contributed by atoms with E-state index in [-0.39, 0.29) is 11.9 Å². The number of halogens is 1. The molecule has 0 spiro atoms. The quantitative estimate of drug-likeness (QED) is 0.819. The molecule has 0 saturated heterocycles. The normalized spacial score (nSPS) is 12.2. The van der Waals surface area contributed by atoms with Gasteiger partial charge in [-0.2, -0.15) is 0 Å². The van der Waals surface area contributed by atoms with Gasteiger partial charge in [0, 0.05) is 11.7 Å². The predicted molar refractivity (Wildman–Crippen MR) is 80.8 cm³/mol. The highest BCUT2D eigenvalue weighted by molar-refractivity contribution is 5.57. The molecule has 0 aromatic heterocycles. The lowest BCUT2D eigenvalue weighted by atomic mass is 10.0. The molecule has 0 aliphatic carbocycles. The molecule has 2 nitrogen and oxygen atoms in total. The molecular formula is C17H20FNO. The first-order chi connectivity index (χ1) is 9.45. The SMILES string of the molecule is Cc1cc(NC(C)Cc2ccc(F)cc2)c(C)cc1O. The van der Waals surface area contributed by atoms with Crippen LogP contribution in [0, 0.1) is 19.7 Å². The van der Waals surface area contributed by atoms with Crippen molar-refractivity contribution in [1.82, 2.24) is 0 Å². The predicted octanol–water partition coefficient (Wildman–Crippen LogP) is 4.19. The van der Waals surface area contributed by atoms with Crippen LogP contribution in [0.1, 0.15) is 23.6 Å². The van der Waals surface area contributed by atoms with E-state index in [4.69, 9.17) is 0 Å². The van der Waals surface area contributed by atoms with Crippen LogP contribution in [-0.2, 0) is 6.42 Å². The van der Waals surface area contributed by atoms with Crippen LogP contribution < -0.4 is 5.32 Å². The number of aromatic hydroxyl groups is 1. The molecule has 0 bridgehead atoms. The number of anilines is 1. The number of nitrogens with one attached hydrogen (secondary N) is 1. The van der Waals surface area contributed by atoms with Gasteiger partial charge in [-0.15, -0.1) is 0 Å². The summed E-state index contributed by atoms with van der Waals surface area (Å²) < 4.78 is 12.9. The Morgan fingerprint density at radius 3 is 2.40 bits per heavy atom. The molecule has 0 saturated carbocycles. The minimum absolute atomic E-state index is 0.209. The molecule has 0 amide bonds. The Morgan fingerprint density at radius 2 is 1.75 bits per heavy atom. The van der Waals surface area contributed by atoms with E-state index >= 15 is 0 Å². The van der Waals surface area contributed by atoms with Crippen LogP contribution in [0.3, 0.4) is 0 Å². The van der Waals surface area contributed by atoms with Crippen molar-refractivity contribution in [1.29, 1.82) is 0 Å². The van der Waals surface area contributed by atoms with E-state index in [1.54, 1.807) is 6.07 Å². The summed E-state index contributed by atoms with van der Waals surface area (Å²) in [7, 11) is 0. The molecule has 0 aliphatic rings. The number of benzene rings is 2. The van der Waals surface area contributed by atoms with Crippen molar-refractivity contribution in [2.75, 3.05) is 5.32 Å². The fourth-order valence-electron chi connectivity index (χ4n) is 2.25. The number of phenolic OH excluding ortho intramolecular Hbond substituents is 1. The lowest BCUT2D eigenvalue weighted by Crippen LogP contribution is -2.18. The molecule has 3 heteroatoms. The molecule has 2 rings (SSSR count). The third-order valence-corrected chi connectivity index (χ3v) is 3.40. The fraction of sp³-hybridized carbons (Fsp3) is 0.294. The van der Waals surface area contributed by atoms with Gasteiger partial charge in [-0.05, 0) is 68.1 Å². The topological polar surface area (TPSA) is 32.3 Å². The standard InChI is InChI=1S/C17H20FNO/c1-11-9-17(20)12(2)8-16(11)19-13(3)10-14-4-6-15(18)7-5-14/h4-9,13,19-20H,10H2,1-3H3. The van der Waals surface area contributed by atoms with Crippen LogP contribution in [0.4, 0.5) is 10.1 Å². The summed E-state index contributed by atoms with van der Waals surface area (Å²) in [4.78, 5) is 0. The molecule has 20 heavy (non-hydrogen) atoms. The van der Waals surface area contributed by atoms with Crippen LogP contribution in [0.5, 0.6) is 5.75 Å². The van der Waals surface area contributed by atoms with Crippen molar-refractivity contribution in [2.45, 2.75) is 33.2 Å². The smallest absolute Gasteiger partial charge is 0.123 e. The van der Waals surface area contributed by atoms with Crippen LogP contribution in [-0.4, -0.2) is 11.1 Å². The van der Waals surface area contributed by atoms with Crippen molar-refractivity contribution in [2.24, 2.45) is 0 Å². The molecule has 106 valence electrons. The Bertz CT molecular complexity index is 593. The monoisotopic (exact) mass is 273 g/mol. The van der Waals surface area contributed by atoms with E-state index in [0.29, 0.717) is 5.75 Å². The van der Waals surface area contributed by atoms with E-state index in [1.165, 1.54) is 12.1 Å². The highest BCUT2D eigenvalue weighted by atomic mass is 19.1. The average Bonchev–Trinajstić information content (AvgIpc) is 2.39. The first kappa shape index (κ1) is 14.4. The molecule has 0 aliphatic heterocycles. The molecule has 2 N–H and O–H groups in total.